The predicted molar refractivity (Wildman–Crippen MR) is 74.1 cm³/mol. The maximum Gasteiger partial charge on any atom is 0.319 e. The van der Waals surface area contributed by atoms with Crippen LogP contribution in [0.15, 0.2) is 18.2 Å². The minimum Gasteiger partial charge on any atom is -0.380 e. The van der Waals surface area contributed by atoms with E-state index < -0.39 is 0 Å². The number of hydrogen-bond donors (Lipinski definition) is 2. The fourth-order valence-electron chi connectivity index (χ4n) is 1.74. The Bertz CT molecular complexity index is 391. The third kappa shape index (κ3) is 4.37. The largest absolute Gasteiger partial charge is 0.380 e. The van der Waals surface area contributed by atoms with Gasteiger partial charge in [-0.25, -0.2) is 4.79 Å². The Labute approximate surface area is 109 Å². The van der Waals surface area contributed by atoms with Crippen LogP contribution in [-0.2, 0) is 11.2 Å². The summed E-state index contributed by atoms with van der Waals surface area (Å²) in [5.41, 5.74) is 3.14. The van der Waals surface area contributed by atoms with E-state index in [4.69, 9.17) is 4.74 Å². The van der Waals surface area contributed by atoms with Crippen LogP contribution < -0.4 is 10.6 Å². The monoisotopic (exact) mass is 250 g/mol. The molecule has 0 saturated heterocycles. The Morgan fingerprint density at radius 2 is 2.11 bits per heavy atom. The molecule has 4 heteroatoms. The number of benzene rings is 1. The molecule has 0 heterocycles. The summed E-state index contributed by atoms with van der Waals surface area (Å²) in [7, 11) is 0. The van der Waals surface area contributed by atoms with E-state index in [1.807, 2.05) is 32.0 Å². The number of para-hydroxylation sites is 1. The molecule has 1 aromatic carbocycles. The second-order valence-electron chi connectivity index (χ2n) is 4.04. The summed E-state index contributed by atoms with van der Waals surface area (Å²) in [5, 5.41) is 5.67. The van der Waals surface area contributed by atoms with Gasteiger partial charge in [0.05, 0.1) is 6.61 Å². The van der Waals surface area contributed by atoms with Crippen molar-refractivity contribution in [1.29, 1.82) is 0 Å². The van der Waals surface area contributed by atoms with Gasteiger partial charge in [0.1, 0.15) is 0 Å². The van der Waals surface area contributed by atoms with E-state index >= 15 is 0 Å². The van der Waals surface area contributed by atoms with Crippen molar-refractivity contribution in [2.75, 3.05) is 25.1 Å². The van der Waals surface area contributed by atoms with Crippen molar-refractivity contribution in [3.05, 3.63) is 29.3 Å². The van der Waals surface area contributed by atoms with E-state index in [1.165, 1.54) is 0 Å². The van der Waals surface area contributed by atoms with Crippen LogP contribution in [-0.4, -0.2) is 25.8 Å². The molecule has 100 valence electrons. The predicted octanol–water partition coefficient (Wildman–Crippen LogP) is 2.72. The molecule has 0 radical (unpaired) electrons. The number of anilines is 1. The van der Waals surface area contributed by atoms with Crippen LogP contribution in [0.1, 0.15) is 25.0 Å². The van der Waals surface area contributed by atoms with Crippen molar-refractivity contribution in [3.8, 4) is 0 Å². The molecule has 0 fully saturated rings. The van der Waals surface area contributed by atoms with Crippen molar-refractivity contribution in [2.24, 2.45) is 0 Å². The molecule has 1 rings (SSSR count). The van der Waals surface area contributed by atoms with Crippen LogP contribution in [0, 0.1) is 6.92 Å². The Hall–Kier alpha value is -1.55. The highest BCUT2D eigenvalue weighted by atomic mass is 16.5. The Morgan fingerprint density at radius 1 is 1.33 bits per heavy atom. The third-order valence-corrected chi connectivity index (χ3v) is 2.71. The second-order valence-corrected chi connectivity index (χ2v) is 4.04. The molecule has 0 aliphatic rings. The highest BCUT2D eigenvalue weighted by Gasteiger charge is 2.07. The van der Waals surface area contributed by atoms with Gasteiger partial charge in [-0.1, -0.05) is 25.1 Å². The molecule has 1 aromatic rings. The van der Waals surface area contributed by atoms with E-state index in [0.717, 1.165) is 23.2 Å². The number of aryl methyl sites for hydroxylation is 2. The lowest BCUT2D eigenvalue weighted by atomic mass is 10.1. The van der Waals surface area contributed by atoms with Gasteiger partial charge in [0.15, 0.2) is 0 Å². The zero-order valence-corrected chi connectivity index (χ0v) is 11.4. The SMILES string of the molecule is CCOCCNC(=O)Nc1c(C)cccc1CC. The molecule has 0 saturated carbocycles. The molecule has 0 atom stereocenters. The van der Waals surface area contributed by atoms with Crippen molar-refractivity contribution < 1.29 is 9.53 Å². The number of ether oxygens (including phenoxy) is 1. The quantitative estimate of drug-likeness (QED) is 0.763. The third-order valence-electron chi connectivity index (χ3n) is 2.71. The maximum atomic E-state index is 11.7. The smallest absolute Gasteiger partial charge is 0.319 e. The zero-order chi connectivity index (χ0) is 13.4. The van der Waals surface area contributed by atoms with Gasteiger partial charge >= 0.3 is 6.03 Å². The van der Waals surface area contributed by atoms with E-state index in [2.05, 4.69) is 17.6 Å². The van der Waals surface area contributed by atoms with Gasteiger partial charge in [-0.05, 0) is 31.4 Å². The topological polar surface area (TPSA) is 50.4 Å². The molecule has 2 N–H and O–H groups in total. The van der Waals surface area contributed by atoms with E-state index in [1.54, 1.807) is 0 Å². The van der Waals surface area contributed by atoms with Crippen LogP contribution in [0.25, 0.3) is 0 Å². The Morgan fingerprint density at radius 3 is 2.78 bits per heavy atom. The first-order valence-corrected chi connectivity index (χ1v) is 6.40. The van der Waals surface area contributed by atoms with E-state index in [0.29, 0.717) is 19.8 Å². The van der Waals surface area contributed by atoms with Gasteiger partial charge in [0, 0.05) is 18.8 Å². The average molecular weight is 250 g/mol. The number of urea groups is 1. The van der Waals surface area contributed by atoms with Crippen molar-refractivity contribution in [2.45, 2.75) is 27.2 Å². The molecule has 0 bridgehead atoms. The van der Waals surface area contributed by atoms with E-state index in [9.17, 15) is 4.79 Å². The summed E-state index contributed by atoms with van der Waals surface area (Å²) in [6.07, 6.45) is 0.899. The summed E-state index contributed by atoms with van der Waals surface area (Å²) >= 11 is 0. The Kier molecular flexibility index (Phi) is 6.22. The highest BCUT2D eigenvalue weighted by Crippen LogP contribution is 2.20. The van der Waals surface area contributed by atoms with Crippen LogP contribution in [0.4, 0.5) is 10.5 Å². The Balaban J connectivity index is 2.53. The molecule has 0 aromatic heterocycles. The molecule has 0 aliphatic heterocycles. The second kappa shape index (κ2) is 7.71. The lowest BCUT2D eigenvalue weighted by Crippen LogP contribution is -2.32. The average Bonchev–Trinajstić information content (AvgIpc) is 2.37. The fraction of sp³-hybridized carbons (Fsp3) is 0.500. The molecule has 4 nitrogen and oxygen atoms in total. The summed E-state index contributed by atoms with van der Waals surface area (Å²) in [5.74, 6) is 0. The standard InChI is InChI=1S/C14H22N2O2/c1-4-12-8-6-7-11(3)13(12)16-14(17)15-9-10-18-5-2/h6-8H,4-5,9-10H2,1-3H3,(H2,15,16,17). The number of nitrogens with one attached hydrogen (secondary N) is 2. The summed E-state index contributed by atoms with van der Waals surface area (Å²) < 4.78 is 5.16. The number of amides is 2. The van der Waals surface area contributed by atoms with Gasteiger partial charge in [0.25, 0.3) is 0 Å². The zero-order valence-electron chi connectivity index (χ0n) is 11.4. The number of carbonyl (C=O) groups excluding carboxylic acids is 1. The molecule has 2 amide bonds. The fourth-order valence-corrected chi connectivity index (χ4v) is 1.74. The summed E-state index contributed by atoms with van der Waals surface area (Å²) in [4.78, 5) is 11.7. The summed E-state index contributed by atoms with van der Waals surface area (Å²) in [6.45, 7) is 7.73. The molecular weight excluding hydrogens is 228 g/mol. The molecular formula is C14H22N2O2. The lowest BCUT2D eigenvalue weighted by molar-refractivity contribution is 0.150. The first-order valence-electron chi connectivity index (χ1n) is 6.40. The van der Waals surface area contributed by atoms with Gasteiger partial charge in [0.2, 0.25) is 0 Å². The van der Waals surface area contributed by atoms with E-state index in [-0.39, 0.29) is 6.03 Å². The minimum atomic E-state index is -0.182. The molecule has 18 heavy (non-hydrogen) atoms. The normalized spacial score (nSPS) is 10.2. The lowest BCUT2D eigenvalue weighted by Gasteiger charge is -2.13. The first-order chi connectivity index (χ1) is 8.69. The molecule has 0 spiro atoms. The number of rotatable bonds is 6. The van der Waals surface area contributed by atoms with Crippen molar-refractivity contribution >= 4 is 11.7 Å². The van der Waals surface area contributed by atoms with Crippen LogP contribution in [0.5, 0.6) is 0 Å². The van der Waals surface area contributed by atoms with Crippen molar-refractivity contribution in [1.82, 2.24) is 5.32 Å². The highest BCUT2D eigenvalue weighted by molar-refractivity contribution is 5.91. The van der Waals surface area contributed by atoms with Crippen molar-refractivity contribution in [3.63, 3.8) is 0 Å². The maximum absolute atomic E-state index is 11.7. The number of carbonyl (C=O) groups is 1. The molecule has 0 aliphatic carbocycles. The van der Waals surface area contributed by atoms with Crippen LogP contribution in [0.3, 0.4) is 0 Å². The number of hydrogen-bond acceptors (Lipinski definition) is 2. The van der Waals surface area contributed by atoms with Gasteiger partial charge in [-0.3, -0.25) is 0 Å². The van der Waals surface area contributed by atoms with Crippen LogP contribution in [0.2, 0.25) is 0 Å². The van der Waals surface area contributed by atoms with Crippen LogP contribution >= 0.6 is 0 Å². The summed E-state index contributed by atoms with van der Waals surface area (Å²) in [6, 6.07) is 5.85. The van der Waals surface area contributed by atoms with Gasteiger partial charge in [-0.2, -0.15) is 0 Å². The van der Waals surface area contributed by atoms with Gasteiger partial charge < -0.3 is 15.4 Å². The van der Waals surface area contributed by atoms with Gasteiger partial charge in [-0.15, -0.1) is 0 Å². The molecule has 0 unspecified atom stereocenters. The first kappa shape index (κ1) is 14.5. The minimum absolute atomic E-state index is 0.182.